The molecule has 2 saturated heterocycles. The molecule has 0 aromatic heterocycles. The lowest BCUT2D eigenvalue weighted by Gasteiger charge is -2.49. The van der Waals surface area contributed by atoms with Gasteiger partial charge in [-0.2, -0.15) is 0 Å². The molecular weight excluding hydrogens is 740 g/mol. The predicted molar refractivity (Wildman–Crippen MR) is 210 cm³/mol. The number of hydrogen-bond donors (Lipinski definition) is 4. The van der Waals surface area contributed by atoms with Crippen LogP contribution in [0.1, 0.15) is 112 Å². The normalized spacial score (nSPS) is 25.9. The third kappa shape index (κ3) is 12.9. The fraction of sp³-hybridized carbons (Fsp3) is 0.651. The average molecular weight is 805 g/mol. The Morgan fingerprint density at radius 3 is 2.09 bits per heavy atom. The monoisotopic (exact) mass is 804 g/mol. The highest BCUT2D eigenvalue weighted by molar-refractivity contribution is 5.98. The fourth-order valence-electron chi connectivity index (χ4n) is 7.05. The lowest BCUT2D eigenvalue weighted by Crippen LogP contribution is -2.76. The summed E-state index contributed by atoms with van der Waals surface area (Å²) in [4.78, 5) is 61.8. The van der Waals surface area contributed by atoms with Crippen molar-refractivity contribution in [2.45, 2.75) is 148 Å². The molecule has 0 saturated carbocycles. The van der Waals surface area contributed by atoms with Crippen LogP contribution in [-0.4, -0.2) is 98.8 Å². The highest BCUT2D eigenvalue weighted by atomic mass is 16.8. The molecule has 2 fully saturated rings. The zero-order valence-electron chi connectivity index (χ0n) is 34.6. The Morgan fingerprint density at radius 1 is 0.965 bits per heavy atom. The number of carbonyl (C=O) groups excluding carboxylic acids is 3. The number of esters is 3. The summed E-state index contributed by atoms with van der Waals surface area (Å²) in [7, 11) is 0. The van der Waals surface area contributed by atoms with Gasteiger partial charge in [-0.3, -0.25) is 4.79 Å². The second-order valence-corrected chi connectivity index (χ2v) is 15.3. The first-order valence-corrected chi connectivity index (χ1v) is 20.0. The van der Waals surface area contributed by atoms with Crippen LogP contribution in [0.25, 0.3) is 0 Å². The summed E-state index contributed by atoms with van der Waals surface area (Å²) >= 11 is 0. The molecule has 0 amide bonds. The van der Waals surface area contributed by atoms with Crippen molar-refractivity contribution in [3.05, 3.63) is 60.2 Å². The Balaban J connectivity index is 0.000000804. The Hall–Kier alpha value is -4.11. The number of carbonyl (C=O) groups is 5. The molecular formula is C43H64O14. The van der Waals surface area contributed by atoms with Crippen molar-refractivity contribution in [2.24, 2.45) is 17.8 Å². The molecule has 2 aliphatic rings. The maximum atomic E-state index is 13.6. The van der Waals surface area contributed by atoms with Crippen molar-refractivity contribution in [3.63, 3.8) is 0 Å². The van der Waals surface area contributed by atoms with Gasteiger partial charge < -0.3 is 44.1 Å². The number of benzene rings is 1. The van der Waals surface area contributed by atoms with Crippen molar-refractivity contribution in [3.8, 4) is 0 Å². The number of aliphatic carboxylic acids is 2. The third-order valence-corrected chi connectivity index (χ3v) is 10.4. The molecule has 2 aliphatic heterocycles. The third-order valence-electron chi connectivity index (χ3n) is 10.4. The topological polar surface area (TPSA) is 212 Å². The maximum absolute atomic E-state index is 13.6. The van der Waals surface area contributed by atoms with Gasteiger partial charge in [-0.15, -0.1) is 0 Å². The lowest BCUT2D eigenvalue weighted by molar-refractivity contribution is -0.373. The fourth-order valence-corrected chi connectivity index (χ4v) is 7.05. The molecule has 0 spiro atoms. The van der Waals surface area contributed by atoms with Crippen LogP contribution >= 0.6 is 0 Å². The number of ether oxygens (including phenoxy) is 5. The van der Waals surface area contributed by atoms with Crippen LogP contribution in [0.15, 0.2) is 54.6 Å². The van der Waals surface area contributed by atoms with Gasteiger partial charge in [0, 0.05) is 31.8 Å². The standard InChI is InChI=1S/C33H46O12.C10H18O2/c1-6-8-17-41-29(38)31-20-25(35)32(45-31,44-27(28(36)37)33(31,40)30(39)42-18-9-7-2)16-15-21(3)26(43-23(5)34)22(4)19-24-13-11-10-12-14-24;1-4-8(2)7-9(3)5-6-10(11)12/h10-14,22,25-27,35,40H,3,6-9,15-20H2,1-2,4-5H3,(H,36,37);5-6,8-9H,4,7H2,1-3H3,(H,11,12)/b;6-5+/t22?,25-,26?,27?,31?,32?,33?;8?,9-/m11/s1. The van der Waals surface area contributed by atoms with E-state index in [0.717, 1.165) is 18.4 Å². The molecule has 7 unspecified atom stereocenters. The summed E-state index contributed by atoms with van der Waals surface area (Å²) in [6.45, 7) is 17.1. The van der Waals surface area contributed by atoms with E-state index in [1.54, 1.807) is 6.08 Å². The second-order valence-electron chi connectivity index (χ2n) is 15.3. The molecule has 57 heavy (non-hydrogen) atoms. The molecule has 320 valence electrons. The number of unbranched alkanes of at least 4 members (excludes halogenated alkanes) is 2. The second kappa shape index (κ2) is 22.7. The van der Waals surface area contributed by atoms with E-state index in [-0.39, 0.29) is 32.0 Å². The average Bonchev–Trinajstić information content (AvgIpc) is 3.43. The SMILES string of the molecule is C=C(CCC12OC(C(=O)O)C(O)(C(=O)OCCCC)C(C(=O)OCCCC)(C[C@H]1O)O2)C(OC(C)=O)C(C)Cc1ccccc1.CCC(C)C[C@H](C)/C=C/C(=O)O. The van der Waals surface area contributed by atoms with Gasteiger partial charge in [-0.05, 0) is 55.1 Å². The van der Waals surface area contributed by atoms with Crippen molar-refractivity contribution in [1.82, 2.24) is 0 Å². The summed E-state index contributed by atoms with van der Waals surface area (Å²) in [5.41, 5.74) is -4.39. The minimum atomic E-state index is -3.18. The molecule has 1 aromatic rings. The van der Waals surface area contributed by atoms with Gasteiger partial charge >= 0.3 is 29.8 Å². The highest BCUT2D eigenvalue weighted by Gasteiger charge is 2.81. The summed E-state index contributed by atoms with van der Waals surface area (Å²) in [5.74, 6) is -7.13. The maximum Gasteiger partial charge on any atom is 0.345 e. The van der Waals surface area contributed by atoms with Gasteiger partial charge in [0.05, 0.1) is 13.2 Å². The van der Waals surface area contributed by atoms with Crippen LogP contribution in [0.4, 0.5) is 0 Å². The Labute approximate surface area is 336 Å². The number of carboxylic acid groups (broad SMARTS) is 2. The van der Waals surface area contributed by atoms with E-state index < -0.39 is 71.6 Å². The highest BCUT2D eigenvalue weighted by Crippen LogP contribution is 2.55. The van der Waals surface area contributed by atoms with Gasteiger partial charge in [0.1, 0.15) is 12.2 Å². The van der Waals surface area contributed by atoms with Crippen molar-refractivity contribution >= 4 is 29.8 Å². The molecule has 9 atom stereocenters. The van der Waals surface area contributed by atoms with Crippen LogP contribution in [0.3, 0.4) is 0 Å². The van der Waals surface area contributed by atoms with E-state index in [2.05, 4.69) is 20.4 Å². The zero-order valence-corrected chi connectivity index (χ0v) is 34.6. The first kappa shape index (κ1) is 49.0. The van der Waals surface area contributed by atoms with Crippen LogP contribution in [0.2, 0.25) is 0 Å². The number of fused-ring (bicyclic) bond motifs is 2. The molecule has 2 heterocycles. The summed E-state index contributed by atoms with van der Waals surface area (Å²) in [6.07, 6.45) is 2.19. The molecule has 14 nitrogen and oxygen atoms in total. The number of aliphatic hydroxyl groups is 2. The first-order chi connectivity index (χ1) is 26.8. The summed E-state index contributed by atoms with van der Waals surface area (Å²) in [6, 6.07) is 9.58. The Kier molecular flexibility index (Phi) is 19.6. The molecule has 0 radical (unpaired) electrons. The van der Waals surface area contributed by atoms with E-state index in [0.29, 0.717) is 49.5 Å². The van der Waals surface area contributed by atoms with Crippen LogP contribution < -0.4 is 0 Å². The largest absolute Gasteiger partial charge is 0.479 e. The van der Waals surface area contributed by atoms with E-state index in [9.17, 15) is 39.3 Å². The first-order valence-electron chi connectivity index (χ1n) is 20.0. The van der Waals surface area contributed by atoms with Crippen molar-refractivity contribution < 1.29 is 68.1 Å². The molecule has 3 rings (SSSR count). The number of carboxylic acids is 2. The lowest BCUT2D eigenvalue weighted by atomic mass is 9.76. The van der Waals surface area contributed by atoms with Crippen LogP contribution in [-0.2, 0) is 54.1 Å². The molecule has 1 aromatic carbocycles. The van der Waals surface area contributed by atoms with E-state index >= 15 is 0 Å². The van der Waals surface area contributed by atoms with Gasteiger partial charge in [-0.25, -0.2) is 19.2 Å². The van der Waals surface area contributed by atoms with E-state index in [1.807, 2.05) is 58.0 Å². The van der Waals surface area contributed by atoms with E-state index in [4.69, 9.17) is 28.8 Å². The number of hydrogen-bond acceptors (Lipinski definition) is 12. The molecule has 4 N–H and O–H groups in total. The molecule has 14 heteroatoms. The molecule has 0 aliphatic carbocycles. The minimum Gasteiger partial charge on any atom is -0.479 e. The number of rotatable bonds is 22. The Morgan fingerprint density at radius 2 is 1.56 bits per heavy atom. The van der Waals surface area contributed by atoms with Crippen molar-refractivity contribution in [2.75, 3.05) is 13.2 Å². The predicted octanol–water partition coefficient (Wildman–Crippen LogP) is 5.95. The van der Waals surface area contributed by atoms with Crippen molar-refractivity contribution in [1.29, 1.82) is 0 Å². The summed E-state index contributed by atoms with van der Waals surface area (Å²) in [5, 5.41) is 41.7. The quantitative estimate of drug-likeness (QED) is 0.0351. The van der Waals surface area contributed by atoms with Crippen LogP contribution in [0, 0.1) is 17.8 Å². The van der Waals surface area contributed by atoms with Gasteiger partial charge in [0.25, 0.3) is 0 Å². The minimum absolute atomic E-state index is 0.000806. The van der Waals surface area contributed by atoms with E-state index in [1.165, 1.54) is 13.0 Å². The Bertz CT molecular complexity index is 1530. The van der Waals surface area contributed by atoms with Gasteiger partial charge in [0.15, 0.2) is 5.79 Å². The smallest absolute Gasteiger partial charge is 0.345 e. The van der Waals surface area contributed by atoms with Gasteiger partial charge in [0.2, 0.25) is 17.3 Å². The number of allylic oxidation sites excluding steroid dienone is 1. The summed E-state index contributed by atoms with van der Waals surface area (Å²) < 4.78 is 28.0. The zero-order chi connectivity index (χ0) is 43.0. The van der Waals surface area contributed by atoms with Gasteiger partial charge in [-0.1, -0.05) is 104 Å². The number of aliphatic hydroxyl groups excluding tert-OH is 1. The van der Waals surface area contributed by atoms with Crippen LogP contribution in [0.5, 0.6) is 0 Å². The molecule has 2 bridgehead atoms.